The first-order valence-electron chi connectivity index (χ1n) is 13.4. The Kier molecular flexibility index (Phi) is 7.20. The number of pyridine rings is 1. The van der Waals surface area contributed by atoms with Crippen molar-refractivity contribution in [3.8, 4) is 11.3 Å². The van der Waals surface area contributed by atoms with E-state index in [1.807, 2.05) is 22.9 Å². The second-order valence-corrected chi connectivity index (χ2v) is 10.1. The van der Waals surface area contributed by atoms with Crippen LogP contribution in [-0.2, 0) is 17.7 Å². The van der Waals surface area contributed by atoms with Crippen LogP contribution in [0.4, 0.5) is 20.5 Å². The lowest BCUT2D eigenvalue weighted by Crippen LogP contribution is -2.45. The van der Waals surface area contributed by atoms with Crippen molar-refractivity contribution in [2.45, 2.75) is 32.4 Å². The van der Waals surface area contributed by atoms with E-state index in [-0.39, 0.29) is 23.2 Å². The van der Waals surface area contributed by atoms with Crippen molar-refractivity contribution in [2.75, 3.05) is 51.8 Å². The minimum Gasteiger partial charge on any atom is -0.383 e. The fraction of sp³-hybridized carbons (Fsp3) is 0.429. The molecule has 1 aromatic carbocycles. The molecule has 0 bridgehead atoms. The minimum absolute atomic E-state index is 0.00739. The van der Waals surface area contributed by atoms with Crippen LogP contribution in [0.15, 0.2) is 36.7 Å². The fourth-order valence-electron chi connectivity index (χ4n) is 5.55. The highest BCUT2D eigenvalue weighted by molar-refractivity contribution is 5.83. The van der Waals surface area contributed by atoms with E-state index in [2.05, 4.69) is 42.0 Å². The largest absolute Gasteiger partial charge is 0.383 e. The molecule has 204 valence electrons. The third-order valence-corrected chi connectivity index (χ3v) is 7.65. The first-order valence-corrected chi connectivity index (χ1v) is 13.4. The molecule has 0 saturated carbocycles. The Hall–Kier alpha value is -3.54. The van der Waals surface area contributed by atoms with Crippen LogP contribution in [0.1, 0.15) is 30.8 Å². The van der Waals surface area contributed by atoms with Crippen LogP contribution in [-0.4, -0.2) is 80.7 Å². The molecule has 0 spiro atoms. The number of methoxy groups -OCH3 is 1. The number of likely N-dealkylation sites (N-methyl/N-ethyl adjacent to an activating group) is 1. The SMILES string of the molecule is CCN1CCN(Cc2ccc(Nc3ncc(F)c(-c4cc(F)c5nc6n(c5c4)[C@@H](COC)CC6)n3)nc2)CC1. The summed E-state index contributed by atoms with van der Waals surface area (Å²) in [5.74, 6) is 0.386. The van der Waals surface area contributed by atoms with Crippen LogP contribution in [0.5, 0.6) is 0 Å². The number of hydrogen-bond acceptors (Lipinski definition) is 8. The summed E-state index contributed by atoms with van der Waals surface area (Å²) >= 11 is 0. The standard InChI is InChI=1S/C28H32F2N8O/c1-3-36-8-10-37(11-9-36)16-18-4-6-24(31-14-18)33-28-32-15-22(30)26(35-28)19-12-21(29)27-23(13-19)38-20(17-39-2)5-7-25(38)34-27/h4,6,12-15,20H,3,5,7-11,16-17H2,1-2H3,(H,31,32,33,35)/t20-/m1/s1. The van der Waals surface area contributed by atoms with E-state index in [0.29, 0.717) is 23.5 Å². The van der Waals surface area contributed by atoms with Crippen molar-refractivity contribution in [3.05, 3.63) is 59.7 Å². The zero-order valence-electron chi connectivity index (χ0n) is 22.2. The predicted octanol–water partition coefficient (Wildman–Crippen LogP) is 4.18. The number of rotatable bonds is 8. The number of hydrogen-bond donors (Lipinski definition) is 1. The van der Waals surface area contributed by atoms with Crippen molar-refractivity contribution >= 4 is 22.8 Å². The van der Waals surface area contributed by atoms with Gasteiger partial charge < -0.3 is 19.5 Å². The molecule has 1 atom stereocenters. The average molecular weight is 535 g/mol. The lowest BCUT2D eigenvalue weighted by atomic mass is 10.1. The number of ether oxygens (including phenoxy) is 1. The van der Waals surface area contributed by atoms with Crippen molar-refractivity contribution in [3.63, 3.8) is 0 Å². The molecule has 0 unspecified atom stereocenters. The fourth-order valence-corrected chi connectivity index (χ4v) is 5.55. The Balaban J connectivity index is 1.21. The lowest BCUT2D eigenvalue weighted by Gasteiger charge is -2.33. The van der Waals surface area contributed by atoms with Gasteiger partial charge in [-0.3, -0.25) is 4.90 Å². The van der Waals surface area contributed by atoms with Crippen molar-refractivity contribution in [2.24, 2.45) is 0 Å². The van der Waals surface area contributed by atoms with Gasteiger partial charge in [-0.25, -0.2) is 28.7 Å². The monoisotopic (exact) mass is 534 g/mol. The summed E-state index contributed by atoms with van der Waals surface area (Å²) in [6.07, 6.45) is 4.54. The number of fused-ring (bicyclic) bond motifs is 3. The molecule has 6 rings (SSSR count). The summed E-state index contributed by atoms with van der Waals surface area (Å²) in [5.41, 5.74) is 2.34. The van der Waals surface area contributed by atoms with Crippen LogP contribution in [0.2, 0.25) is 0 Å². The molecule has 2 aliphatic rings. The van der Waals surface area contributed by atoms with Crippen molar-refractivity contribution in [1.82, 2.24) is 34.3 Å². The van der Waals surface area contributed by atoms with Gasteiger partial charge in [-0.05, 0) is 36.7 Å². The quantitative estimate of drug-likeness (QED) is 0.361. The maximum absolute atomic E-state index is 15.1. The highest BCUT2D eigenvalue weighted by Crippen LogP contribution is 2.35. The highest BCUT2D eigenvalue weighted by Gasteiger charge is 2.28. The second kappa shape index (κ2) is 10.9. The number of aryl methyl sites for hydroxylation is 1. The maximum Gasteiger partial charge on any atom is 0.229 e. The van der Waals surface area contributed by atoms with Crippen molar-refractivity contribution in [1.29, 1.82) is 0 Å². The molecule has 5 heterocycles. The molecule has 1 N–H and O–H groups in total. The number of halogens is 2. The predicted molar refractivity (Wildman–Crippen MR) is 145 cm³/mol. The summed E-state index contributed by atoms with van der Waals surface area (Å²) in [6, 6.07) is 6.96. The first kappa shape index (κ1) is 25.7. The lowest BCUT2D eigenvalue weighted by molar-refractivity contribution is 0.132. The number of piperazine rings is 1. The van der Waals surface area contributed by atoms with E-state index in [4.69, 9.17) is 4.74 Å². The zero-order chi connectivity index (χ0) is 26.9. The van der Waals surface area contributed by atoms with Gasteiger partial charge in [0.1, 0.15) is 22.9 Å². The van der Waals surface area contributed by atoms with Crippen LogP contribution < -0.4 is 5.32 Å². The molecule has 1 fully saturated rings. The van der Waals surface area contributed by atoms with Gasteiger partial charge in [-0.15, -0.1) is 0 Å². The Morgan fingerprint density at radius 2 is 1.82 bits per heavy atom. The van der Waals surface area contributed by atoms with Gasteiger partial charge in [0.25, 0.3) is 0 Å². The Labute approximate surface area is 225 Å². The number of anilines is 2. The minimum atomic E-state index is -0.639. The molecule has 2 aliphatic heterocycles. The van der Waals surface area contributed by atoms with Crippen molar-refractivity contribution < 1.29 is 13.5 Å². The number of benzene rings is 1. The zero-order valence-corrected chi connectivity index (χ0v) is 22.2. The van der Waals surface area contributed by atoms with E-state index in [9.17, 15) is 4.39 Å². The molecule has 0 radical (unpaired) electrons. The van der Waals surface area contributed by atoms with Gasteiger partial charge in [0.2, 0.25) is 5.95 Å². The summed E-state index contributed by atoms with van der Waals surface area (Å²) < 4.78 is 37.4. The Morgan fingerprint density at radius 3 is 2.56 bits per heavy atom. The van der Waals surface area contributed by atoms with Crippen LogP contribution in [0.3, 0.4) is 0 Å². The molecule has 0 amide bonds. The maximum atomic E-state index is 15.1. The van der Waals surface area contributed by atoms with E-state index in [0.717, 1.165) is 69.7 Å². The van der Waals surface area contributed by atoms with E-state index >= 15 is 4.39 Å². The Morgan fingerprint density at radius 1 is 1.00 bits per heavy atom. The summed E-state index contributed by atoms with van der Waals surface area (Å²) in [7, 11) is 1.64. The number of nitrogens with zero attached hydrogens (tertiary/aromatic N) is 7. The van der Waals surface area contributed by atoms with Crippen LogP contribution >= 0.6 is 0 Å². The molecule has 4 aromatic rings. The molecular weight excluding hydrogens is 502 g/mol. The van der Waals surface area contributed by atoms with Crippen LogP contribution in [0.25, 0.3) is 22.3 Å². The normalized spacial score (nSPS) is 18.1. The van der Waals surface area contributed by atoms with Gasteiger partial charge in [-0.1, -0.05) is 13.0 Å². The van der Waals surface area contributed by atoms with Gasteiger partial charge in [-0.2, -0.15) is 0 Å². The molecule has 1 saturated heterocycles. The molecule has 3 aromatic heterocycles. The van der Waals surface area contributed by atoms with Crippen LogP contribution in [0, 0.1) is 11.6 Å². The van der Waals surface area contributed by atoms with E-state index < -0.39 is 11.6 Å². The molecule has 39 heavy (non-hydrogen) atoms. The van der Waals surface area contributed by atoms with E-state index in [1.165, 1.54) is 6.07 Å². The molecular formula is C28H32F2N8O. The van der Waals surface area contributed by atoms with Gasteiger partial charge in [0, 0.05) is 58.0 Å². The smallest absolute Gasteiger partial charge is 0.229 e. The topological polar surface area (TPSA) is 84.2 Å². The van der Waals surface area contributed by atoms with E-state index in [1.54, 1.807) is 13.2 Å². The average Bonchev–Trinajstić information content (AvgIpc) is 3.52. The first-order chi connectivity index (χ1) is 19.0. The number of imidazole rings is 1. The highest BCUT2D eigenvalue weighted by atomic mass is 19.1. The third-order valence-electron chi connectivity index (χ3n) is 7.65. The second-order valence-electron chi connectivity index (χ2n) is 10.1. The Bertz CT molecular complexity index is 1470. The van der Waals surface area contributed by atoms with Gasteiger partial charge >= 0.3 is 0 Å². The third kappa shape index (κ3) is 5.21. The molecule has 11 heteroatoms. The number of aromatic nitrogens is 5. The molecule has 0 aliphatic carbocycles. The number of nitrogens with one attached hydrogen (secondary N) is 1. The molecule has 9 nitrogen and oxygen atoms in total. The van der Waals surface area contributed by atoms with Gasteiger partial charge in [0.15, 0.2) is 11.6 Å². The summed E-state index contributed by atoms with van der Waals surface area (Å²) in [5, 5.41) is 3.05. The van der Waals surface area contributed by atoms with Gasteiger partial charge in [0.05, 0.1) is 24.4 Å². The summed E-state index contributed by atoms with van der Waals surface area (Å²) in [4.78, 5) is 22.3. The summed E-state index contributed by atoms with van der Waals surface area (Å²) in [6.45, 7) is 8.89.